The highest BCUT2D eigenvalue weighted by Crippen LogP contribution is 2.19. The lowest BCUT2D eigenvalue weighted by Gasteiger charge is -2.01. The standard InChI is InChI=1S/C14H8O4/c15-13-9-3-1-2-4-11(9)18-12-7-8(14(16)17)5-6-10(12)13/h1-7H,(H,16,17). The molecule has 0 atom stereocenters. The largest absolute Gasteiger partial charge is 0.478 e. The Morgan fingerprint density at radius 3 is 2.50 bits per heavy atom. The van der Waals surface area contributed by atoms with Crippen LogP contribution in [-0.2, 0) is 0 Å². The summed E-state index contributed by atoms with van der Waals surface area (Å²) < 4.78 is 5.55. The summed E-state index contributed by atoms with van der Waals surface area (Å²) in [5.74, 6) is -1.05. The van der Waals surface area contributed by atoms with E-state index in [0.29, 0.717) is 21.9 Å². The molecule has 4 nitrogen and oxygen atoms in total. The van der Waals surface area contributed by atoms with Crippen molar-refractivity contribution in [1.29, 1.82) is 0 Å². The maximum Gasteiger partial charge on any atom is 0.335 e. The van der Waals surface area contributed by atoms with Crippen molar-refractivity contribution in [2.24, 2.45) is 0 Å². The van der Waals surface area contributed by atoms with Gasteiger partial charge in [-0.05, 0) is 30.3 Å². The van der Waals surface area contributed by atoms with Crippen LogP contribution in [0.25, 0.3) is 21.9 Å². The fourth-order valence-corrected chi connectivity index (χ4v) is 1.93. The monoisotopic (exact) mass is 240 g/mol. The minimum absolute atomic E-state index is 0.0981. The summed E-state index contributed by atoms with van der Waals surface area (Å²) in [5, 5.41) is 9.79. The molecule has 0 amide bonds. The van der Waals surface area contributed by atoms with E-state index < -0.39 is 5.97 Å². The SMILES string of the molecule is O=C(O)c1ccc2c(=O)c3ccccc3oc2c1. The first-order valence-electron chi connectivity index (χ1n) is 5.36. The number of rotatable bonds is 1. The Morgan fingerprint density at radius 2 is 1.72 bits per heavy atom. The highest BCUT2D eigenvalue weighted by molar-refractivity contribution is 5.95. The van der Waals surface area contributed by atoms with Gasteiger partial charge in [-0.2, -0.15) is 0 Å². The van der Waals surface area contributed by atoms with Gasteiger partial charge in [-0.15, -0.1) is 0 Å². The van der Waals surface area contributed by atoms with Gasteiger partial charge in [0.05, 0.1) is 16.3 Å². The molecule has 1 N–H and O–H groups in total. The van der Waals surface area contributed by atoms with Gasteiger partial charge in [0.25, 0.3) is 0 Å². The summed E-state index contributed by atoms with van der Waals surface area (Å²) in [7, 11) is 0. The Balaban J connectivity index is 2.48. The molecule has 0 saturated heterocycles. The van der Waals surface area contributed by atoms with Gasteiger partial charge in [0.15, 0.2) is 0 Å². The highest BCUT2D eigenvalue weighted by atomic mass is 16.4. The van der Waals surface area contributed by atoms with Crippen molar-refractivity contribution in [3.63, 3.8) is 0 Å². The van der Waals surface area contributed by atoms with E-state index >= 15 is 0 Å². The van der Waals surface area contributed by atoms with Gasteiger partial charge in [-0.1, -0.05) is 12.1 Å². The van der Waals surface area contributed by atoms with Gasteiger partial charge in [0, 0.05) is 0 Å². The Hall–Kier alpha value is -2.62. The zero-order valence-electron chi connectivity index (χ0n) is 9.21. The van der Waals surface area contributed by atoms with Gasteiger partial charge >= 0.3 is 5.97 Å². The summed E-state index contributed by atoms with van der Waals surface area (Å²) in [6, 6.07) is 11.1. The van der Waals surface area contributed by atoms with Gasteiger partial charge < -0.3 is 9.52 Å². The molecular formula is C14H8O4. The first-order chi connectivity index (χ1) is 8.66. The topological polar surface area (TPSA) is 67.5 Å². The van der Waals surface area contributed by atoms with Crippen LogP contribution >= 0.6 is 0 Å². The van der Waals surface area contributed by atoms with Crippen molar-refractivity contribution in [2.45, 2.75) is 0 Å². The van der Waals surface area contributed by atoms with Gasteiger partial charge in [0.2, 0.25) is 5.43 Å². The molecule has 0 bridgehead atoms. The molecule has 1 heterocycles. The van der Waals surface area contributed by atoms with Crippen molar-refractivity contribution >= 4 is 27.9 Å². The maximum atomic E-state index is 12.2. The lowest BCUT2D eigenvalue weighted by molar-refractivity contribution is 0.0697. The molecule has 0 unspecified atom stereocenters. The molecule has 0 aliphatic rings. The molecule has 18 heavy (non-hydrogen) atoms. The van der Waals surface area contributed by atoms with E-state index in [9.17, 15) is 9.59 Å². The minimum atomic E-state index is -1.05. The fourth-order valence-electron chi connectivity index (χ4n) is 1.93. The van der Waals surface area contributed by atoms with Crippen LogP contribution in [0.3, 0.4) is 0 Å². The normalized spacial score (nSPS) is 10.9. The first-order valence-corrected chi connectivity index (χ1v) is 5.36. The van der Waals surface area contributed by atoms with E-state index in [2.05, 4.69) is 0 Å². The van der Waals surface area contributed by atoms with E-state index in [4.69, 9.17) is 9.52 Å². The van der Waals surface area contributed by atoms with Crippen molar-refractivity contribution in [2.75, 3.05) is 0 Å². The van der Waals surface area contributed by atoms with Crippen LogP contribution in [0.1, 0.15) is 10.4 Å². The smallest absolute Gasteiger partial charge is 0.335 e. The second kappa shape index (κ2) is 3.70. The van der Waals surface area contributed by atoms with Crippen molar-refractivity contribution < 1.29 is 14.3 Å². The molecule has 2 aromatic carbocycles. The number of aromatic carboxylic acids is 1. The third-order valence-corrected chi connectivity index (χ3v) is 2.82. The molecule has 3 rings (SSSR count). The zero-order chi connectivity index (χ0) is 12.7. The van der Waals surface area contributed by atoms with Crippen LogP contribution in [0, 0.1) is 0 Å². The second-order valence-corrected chi connectivity index (χ2v) is 3.94. The van der Waals surface area contributed by atoms with Crippen LogP contribution < -0.4 is 5.43 Å². The van der Waals surface area contributed by atoms with Gasteiger partial charge in [-0.3, -0.25) is 4.79 Å². The molecule has 1 aromatic heterocycles. The van der Waals surface area contributed by atoms with E-state index in [0.717, 1.165) is 0 Å². The lowest BCUT2D eigenvalue weighted by Crippen LogP contribution is -2.03. The fraction of sp³-hybridized carbons (Fsp3) is 0. The molecule has 0 fully saturated rings. The molecule has 0 radical (unpaired) electrons. The second-order valence-electron chi connectivity index (χ2n) is 3.94. The average Bonchev–Trinajstić information content (AvgIpc) is 2.38. The zero-order valence-corrected chi connectivity index (χ0v) is 9.21. The van der Waals surface area contributed by atoms with Crippen LogP contribution in [0.5, 0.6) is 0 Å². The first kappa shape index (κ1) is 10.5. The predicted molar refractivity (Wildman–Crippen MR) is 66.9 cm³/mol. The summed E-state index contributed by atoms with van der Waals surface area (Å²) in [6.07, 6.45) is 0. The highest BCUT2D eigenvalue weighted by Gasteiger charge is 2.10. The number of para-hydroxylation sites is 1. The summed E-state index contributed by atoms with van der Waals surface area (Å²) in [6.45, 7) is 0. The van der Waals surface area contributed by atoms with Crippen molar-refractivity contribution in [3.05, 3.63) is 58.3 Å². The lowest BCUT2D eigenvalue weighted by atomic mass is 10.1. The van der Waals surface area contributed by atoms with Crippen molar-refractivity contribution in [3.8, 4) is 0 Å². The third kappa shape index (κ3) is 1.47. The summed E-state index contributed by atoms with van der Waals surface area (Å²) in [5.41, 5.74) is 0.695. The Labute approximate surface area is 101 Å². The Bertz CT molecular complexity index is 830. The quantitative estimate of drug-likeness (QED) is 0.664. The van der Waals surface area contributed by atoms with Crippen molar-refractivity contribution in [1.82, 2.24) is 0 Å². The van der Waals surface area contributed by atoms with Crippen LogP contribution in [0.2, 0.25) is 0 Å². The Kier molecular flexibility index (Phi) is 2.16. The minimum Gasteiger partial charge on any atom is -0.478 e. The van der Waals surface area contributed by atoms with E-state index in [1.165, 1.54) is 18.2 Å². The number of carboxylic acid groups (broad SMARTS) is 1. The molecule has 4 heteroatoms. The number of carbonyl (C=O) groups is 1. The number of hydrogen-bond acceptors (Lipinski definition) is 3. The Morgan fingerprint density at radius 1 is 1.00 bits per heavy atom. The molecule has 0 saturated carbocycles. The van der Waals surface area contributed by atoms with Crippen LogP contribution in [0.4, 0.5) is 0 Å². The molecular weight excluding hydrogens is 232 g/mol. The van der Waals surface area contributed by atoms with E-state index in [1.54, 1.807) is 24.3 Å². The van der Waals surface area contributed by atoms with Gasteiger partial charge in [-0.25, -0.2) is 4.79 Å². The van der Waals surface area contributed by atoms with E-state index in [1.807, 2.05) is 0 Å². The number of benzene rings is 2. The number of carboxylic acids is 1. The summed E-state index contributed by atoms with van der Waals surface area (Å²) in [4.78, 5) is 23.0. The van der Waals surface area contributed by atoms with Crippen LogP contribution in [0.15, 0.2) is 51.7 Å². The van der Waals surface area contributed by atoms with Crippen LogP contribution in [-0.4, -0.2) is 11.1 Å². The summed E-state index contributed by atoms with van der Waals surface area (Å²) >= 11 is 0. The molecule has 0 spiro atoms. The molecule has 3 aromatic rings. The van der Waals surface area contributed by atoms with E-state index in [-0.39, 0.29) is 11.0 Å². The number of hydrogen-bond donors (Lipinski definition) is 1. The average molecular weight is 240 g/mol. The molecule has 88 valence electrons. The predicted octanol–water partition coefficient (Wildman–Crippen LogP) is 2.64. The maximum absolute atomic E-state index is 12.2. The molecule has 0 aliphatic carbocycles. The molecule has 0 aliphatic heterocycles. The third-order valence-electron chi connectivity index (χ3n) is 2.82. The number of fused-ring (bicyclic) bond motifs is 2. The van der Waals surface area contributed by atoms with Gasteiger partial charge in [0.1, 0.15) is 11.2 Å².